The van der Waals surface area contributed by atoms with Gasteiger partial charge in [-0.15, -0.1) is 0 Å². The van der Waals surface area contributed by atoms with Crippen LogP contribution in [0.1, 0.15) is 22.3 Å². The van der Waals surface area contributed by atoms with Crippen molar-refractivity contribution in [1.82, 2.24) is 5.32 Å². The number of rotatable bonds is 6. The lowest BCUT2D eigenvalue weighted by atomic mass is 9.99. The van der Waals surface area contributed by atoms with Crippen molar-refractivity contribution in [3.63, 3.8) is 0 Å². The number of aliphatic carboxylic acids is 1. The van der Waals surface area contributed by atoms with Gasteiger partial charge >= 0.3 is 18.3 Å². The first-order valence-corrected chi connectivity index (χ1v) is 8.21. The molecule has 2 rings (SSSR count). The molecule has 0 unspecified atom stereocenters. The van der Waals surface area contributed by atoms with Gasteiger partial charge in [-0.1, -0.05) is 30.3 Å². The van der Waals surface area contributed by atoms with Gasteiger partial charge in [0.25, 0.3) is 0 Å². The Labute approximate surface area is 161 Å². The van der Waals surface area contributed by atoms with Gasteiger partial charge in [-0.05, 0) is 29.3 Å². The molecule has 0 fully saturated rings. The predicted octanol–water partition coefficient (Wildman–Crippen LogP) is 4.08. The van der Waals surface area contributed by atoms with E-state index in [2.05, 4.69) is 5.32 Å². The average Bonchev–Trinajstić information content (AvgIpc) is 2.60. The van der Waals surface area contributed by atoms with Crippen LogP contribution in [0.2, 0.25) is 0 Å². The van der Waals surface area contributed by atoms with E-state index in [0.717, 1.165) is 42.5 Å². The SMILES string of the molecule is O=C(Cc1ccc(C(F)(F)F)cc1)N[C@H](Cc1ccccc1C(F)(F)F)C(=O)O. The zero-order valence-electron chi connectivity index (χ0n) is 14.6. The van der Waals surface area contributed by atoms with Crippen molar-refractivity contribution in [3.8, 4) is 0 Å². The van der Waals surface area contributed by atoms with Crippen molar-refractivity contribution >= 4 is 11.9 Å². The molecule has 4 nitrogen and oxygen atoms in total. The lowest BCUT2D eigenvalue weighted by Crippen LogP contribution is -2.43. The molecule has 2 N–H and O–H groups in total. The summed E-state index contributed by atoms with van der Waals surface area (Å²) in [4.78, 5) is 23.4. The van der Waals surface area contributed by atoms with E-state index in [1.165, 1.54) is 6.07 Å². The summed E-state index contributed by atoms with van der Waals surface area (Å²) in [6.07, 6.45) is -10.3. The molecule has 1 atom stereocenters. The molecule has 0 aliphatic carbocycles. The van der Waals surface area contributed by atoms with Crippen molar-refractivity contribution < 1.29 is 41.0 Å². The lowest BCUT2D eigenvalue weighted by Gasteiger charge is -2.18. The molecule has 29 heavy (non-hydrogen) atoms. The van der Waals surface area contributed by atoms with Crippen LogP contribution in [0.5, 0.6) is 0 Å². The summed E-state index contributed by atoms with van der Waals surface area (Å²) >= 11 is 0. The number of carbonyl (C=O) groups is 2. The fourth-order valence-electron chi connectivity index (χ4n) is 2.64. The molecule has 156 valence electrons. The molecular weight excluding hydrogens is 404 g/mol. The number of halogens is 6. The van der Waals surface area contributed by atoms with Gasteiger partial charge in [-0.3, -0.25) is 4.79 Å². The quantitative estimate of drug-likeness (QED) is 0.694. The zero-order chi connectivity index (χ0) is 21.8. The topological polar surface area (TPSA) is 66.4 Å². The van der Waals surface area contributed by atoms with Crippen LogP contribution in [0.4, 0.5) is 26.3 Å². The molecule has 0 saturated heterocycles. The molecule has 0 aromatic heterocycles. The van der Waals surface area contributed by atoms with Gasteiger partial charge in [-0.2, -0.15) is 26.3 Å². The van der Waals surface area contributed by atoms with E-state index in [-0.39, 0.29) is 11.1 Å². The highest BCUT2D eigenvalue weighted by atomic mass is 19.4. The first-order chi connectivity index (χ1) is 13.4. The van der Waals surface area contributed by atoms with E-state index in [1.807, 2.05) is 0 Å². The van der Waals surface area contributed by atoms with Crippen molar-refractivity contribution in [2.75, 3.05) is 0 Å². The van der Waals surface area contributed by atoms with Crippen molar-refractivity contribution in [3.05, 3.63) is 70.8 Å². The molecule has 0 bridgehead atoms. The summed E-state index contributed by atoms with van der Waals surface area (Å²) in [6, 6.07) is 6.43. The maximum Gasteiger partial charge on any atom is 0.416 e. The van der Waals surface area contributed by atoms with E-state index < -0.39 is 54.2 Å². The molecule has 1 amide bonds. The number of hydrogen-bond donors (Lipinski definition) is 2. The first-order valence-electron chi connectivity index (χ1n) is 8.21. The van der Waals surface area contributed by atoms with E-state index in [9.17, 15) is 41.0 Å². The van der Waals surface area contributed by atoms with Gasteiger partial charge in [-0.25, -0.2) is 4.79 Å². The largest absolute Gasteiger partial charge is 0.480 e. The third-order valence-corrected chi connectivity index (χ3v) is 4.03. The number of alkyl halides is 6. The highest BCUT2D eigenvalue weighted by Gasteiger charge is 2.34. The summed E-state index contributed by atoms with van der Waals surface area (Å²) in [5.74, 6) is -2.38. The minimum atomic E-state index is -4.69. The summed E-state index contributed by atoms with van der Waals surface area (Å²) in [6.45, 7) is 0. The van der Waals surface area contributed by atoms with Crippen LogP contribution < -0.4 is 5.32 Å². The van der Waals surface area contributed by atoms with Gasteiger partial charge in [0.1, 0.15) is 6.04 Å². The van der Waals surface area contributed by atoms with Crippen molar-refractivity contribution in [1.29, 1.82) is 0 Å². The molecule has 0 saturated carbocycles. The Morgan fingerprint density at radius 2 is 1.48 bits per heavy atom. The number of benzene rings is 2. The lowest BCUT2D eigenvalue weighted by molar-refractivity contribution is -0.142. The summed E-state index contributed by atoms with van der Waals surface area (Å²) in [5.41, 5.74) is -2.03. The van der Waals surface area contributed by atoms with Crippen LogP contribution in [-0.4, -0.2) is 23.0 Å². The average molecular weight is 419 g/mol. The Bertz CT molecular complexity index is 875. The third kappa shape index (κ3) is 6.23. The minimum absolute atomic E-state index is 0.190. The number of carboxylic acids is 1. The summed E-state index contributed by atoms with van der Waals surface area (Å²) in [7, 11) is 0. The van der Waals surface area contributed by atoms with Crippen molar-refractivity contribution in [2.24, 2.45) is 0 Å². The van der Waals surface area contributed by atoms with Crippen LogP contribution in [0.25, 0.3) is 0 Å². The molecule has 0 aliphatic heterocycles. The molecule has 0 spiro atoms. The molecule has 10 heteroatoms. The minimum Gasteiger partial charge on any atom is -0.480 e. The Morgan fingerprint density at radius 1 is 0.897 bits per heavy atom. The number of carbonyl (C=O) groups excluding carboxylic acids is 1. The Kier molecular flexibility index (Phi) is 6.55. The predicted molar refractivity (Wildman–Crippen MR) is 89.9 cm³/mol. The Morgan fingerprint density at radius 3 is 2.00 bits per heavy atom. The molecule has 2 aromatic carbocycles. The van der Waals surface area contributed by atoms with Gasteiger partial charge < -0.3 is 10.4 Å². The smallest absolute Gasteiger partial charge is 0.416 e. The molecule has 0 radical (unpaired) electrons. The second-order valence-corrected chi connectivity index (χ2v) is 6.19. The molecule has 2 aromatic rings. The highest BCUT2D eigenvalue weighted by molar-refractivity contribution is 5.85. The molecule has 0 aliphatic rings. The van der Waals surface area contributed by atoms with Crippen LogP contribution in [0.15, 0.2) is 48.5 Å². The van der Waals surface area contributed by atoms with E-state index in [0.29, 0.717) is 0 Å². The van der Waals surface area contributed by atoms with E-state index in [4.69, 9.17) is 0 Å². The second-order valence-electron chi connectivity index (χ2n) is 6.19. The fraction of sp³-hybridized carbons (Fsp3) is 0.263. The number of nitrogens with one attached hydrogen (secondary N) is 1. The van der Waals surface area contributed by atoms with E-state index in [1.54, 1.807) is 0 Å². The summed E-state index contributed by atoms with van der Waals surface area (Å²) in [5, 5.41) is 11.4. The summed E-state index contributed by atoms with van der Waals surface area (Å²) < 4.78 is 76.8. The molecule has 0 heterocycles. The first kappa shape index (κ1) is 22.3. The van der Waals surface area contributed by atoms with Gasteiger partial charge in [0.2, 0.25) is 5.91 Å². The number of hydrogen-bond acceptors (Lipinski definition) is 2. The van der Waals surface area contributed by atoms with Crippen LogP contribution in [-0.2, 0) is 34.8 Å². The van der Waals surface area contributed by atoms with Crippen LogP contribution in [0, 0.1) is 0 Å². The highest BCUT2D eigenvalue weighted by Crippen LogP contribution is 2.32. The molecular formula is C19H15F6NO3. The number of amides is 1. The second kappa shape index (κ2) is 8.54. The Hall–Kier alpha value is -3.04. The van der Waals surface area contributed by atoms with Crippen LogP contribution >= 0.6 is 0 Å². The van der Waals surface area contributed by atoms with E-state index >= 15 is 0 Å². The van der Waals surface area contributed by atoms with Crippen molar-refractivity contribution in [2.45, 2.75) is 31.2 Å². The third-order valence-electron chi connectivity index (χ3n) is 4.03. The maximum absolute atomic E-state index is 13.1. The zero-order valence-corrected chi connectivity index (χ0v) is 14.6. The number of carboxylic acid groups (broad SMARTS) is 1. The monoisotopic (exact) mass is 419 g/mol. The van der Waals surface area contributed by atoms with Crippen LogP contribution in [0.3, 0.4) is 0 Å². The normalized spacial score (nSPS) is 13.0. The maximum atomic E-state index is 13.1. The van der Waals surface area contributed by atoms with Gasteiger partial charge in [0, 0.05) is 6.42 Å². The van der Waals surface area contributed by atoms with Gasteiger partial charge in [0.05, 0.1) is 17.5 Å². The standard InChI is InChI=1S/C19H15F6NO3/c20-18(21,22)13-7-5-11(6-8-13)9-16(27)26-15(17(28)29)10-12-3-1-2-4-14(12)19(23,24)25/h1-8,15H,9-10H2,(H,26,27)(H,28,29)/t15-/m1/s1. The van der Waals surface area contributed by atoms with Gasteiger partial charge in [0.15, 0.2) is 0 Å². The Balaban J connectivity index is 2.10. The fourth-order valence-corrected chi connectivity index (χ4v) is 2.64.